The lowest BCUT2D eigenvalue weighted by Crippen LogP contribution is -2.34. The fourth-order valence-electron chi connectivity index (χ4n) is 4.45. The lowest BCUT2D eigenvalue weighted by molar-refractivity contribution is 0.188. The van der Waals surface area contributed by atoms with Crippen LogP contribution in [0.5, 0.6) is 6.01 Å². The molecule has 7 nitrogen and oxygen atoms in total. The molecule has 0 aliphatic carbocycles. The van der Waals surface area contributed by atoms with Crippen LogP contribution in [0.15, 0.2) is 23.3 Å². The zero-order valence-electron chi connectivity index (χ0n) is 17.7. The Labute approximate surface area is 199 Å². The number of halogens is 3. The molecule has 1 atom stereocenters. The molecule has 168 valence electrons. The molecule has 2 aliphatic rings. The molecule has 0 radical (unpaired) electrons. The number of likely N-dealkylation sites (N-methyl/N-ethyl adjacent to an activating group) is 1. The summed E-state index contributed by atoms with van der Waals surface area (Å²) in [5, 5.41) is 0.829. The maximum atomic E-state index is 15.1. The number of nitrogens with zero attached hydrogens (tertiary/aromatic N) is 6. The predicted octanol–water partition coefficient (Wildman–Crippen LogP) is 4.52. The molecule has 1 fully saturated rings. The van der Waals surface area contributed by atoms with E-state index in [2.05, 4.69) is 53.9 Å². The molecule has 3 aromatic rings. The molecule has 1 saturated heterocycles. The Morgan fingerprint density at radius 2 is 2.19 bits per heavy atom. The minimum atomic E-state index is -0.519. The van der Waals surface area contributed by atoms with Gasteiger partial charge in [-0.05, 0) is 54.5 Å². The Kier molecular flexibility index (Phi) is 5.81. The highest BCUT2D eigenvalue weighted by Crippen LogP contribution is 2.37. The van der Waals surface area contributed by atoms with Gasteiger partial charge in [0.1, 0.15) is 23.8 Å². The van der Waals surface area contributed by atoms with E-state index in [1.165, 1.54) is 0 Å². The normalized spacial score (nSPS) is 18.9. The van der Waals surface area contributed by atoms with Crippen LogP contribution in [0.3, 0.4) is 0 Å². The van der Waals surface area contributed by atoms with Gasteiger partial charge in [-0.25, -0.2) is 9.37 Å². The number of aromatic nitrogens is 4. The van der Waals surface area contributed by atoms with E-state index in [4.69, 9.17) is 21.3 Å². The van der Waals surface area contributed by atoms with Gasteiger partial charge in [0.15, 0.2) is 5.82 Å². The predicted molar refractivity (Wildman–Crippen MR) is 127 cm³/mol. The molecule has 0 saturated carbocycles. The molecule has 5 rings (SSSR count). The molecule has 0 bridgehead atoms. The standard InChI is InChI=1S/C22H23BrClFN6O/c1-3-17-26-10-14-11-30(7-8-31(14)17)21-15-9-16(24)18(23)19(25)20(15)27-22(28-21)32-12-13-5-4-6-29(13)2/h3,9-10,13H,1,4-8,11-12H2,2H3. The lowest BCUT2D eigenvalue weighted by Gasteiger charge is -2.30. The minimum Gasteiger partial charge on any atom is -0.462 e. The van der Waals surface area contributed by atoms with Crippen molar-refractivity contribution in [2.24, 2.45) is 0 Å². The largest absolute Gasteiger partial charge is 0.462 e. The zero-order chi connectivity index (χ0) is 22.4. The molecule has 32 heavy (non-hydrogen) atoms. The van der Waals surface area contributed by atoms with Crippen molar-refractivity contribution in [3.05, 3.63) is 45.7 Å². The SMILES string of the molecule is C=Cc1ncc2n1CCN(c1nc(OCC3CCCN3C)nc3c(F)c(Br)c(Cl)cc13)C2. The third kappa shape index (κ3) is 3.76. The summed E-state index contributed by atoms with van der Waals surface area (Å²) in [5.74, 6) is 0.926. The monoisotopic (exact) mass is 520 g/mol. The van der Waals surface area contributed by atoms with E-state index in [0.717, 1.165) is 37.4 Å². The molecule has 1 unspecified atom stereocenters. The second-order valence-electron chi connectivity index (χ2n) is 8.19. The number of benzene rings is 1. The molecule has 0 N–H and O–H groups in total. The second kappa shape index (κ2) is 8.61. The fraction of sp³-hybridized carbons (Fsp3) is 0.409. The molecule has 10 heteroatoms. The summed E-state index contributed by atoms with van der Waals surface area (Å²) in [6.07, 6.45) is 5.79. The summed E-state index contributed by atoms with van der Waals surface area (Å²) in [5.41, 5.74) is 1.23. The van der Waals surface area contributed by atoms with Gasteiger partial charge >= 0.3 is 6.01 Å². The first-order valence-electron chi connectivity index (χ1n) is 10.6. The van der Waals surface area contributed by atoms with Crippen molar-refractivity contribution in [2.75, 3.05) is 31.6 Å². The quantitative estimate of drug-likeness (QED) is 0.460. The van der Waals surface area contributed by atoms with E-state index in [1.54, 1.807) is 12.1 Å². The molecule has 0 amide bonds. The molecule has 4 heterocycles. The van der Waals surface area contributed by atoms with Gasteiger partial charge in [0.25, 0.3) is 0 Å². The van der Waals surface area contributed by atoms with Crippen LogP contribution in [-0.4, -0.2) is 57.2 Å². The van der Waals surface area contributed by atoms with Gasteiger partial charge in [0, 0.05) is 24.5 Å². The molecule has 2 aliphatic heterocycles. The van der Waals surface area contributed by atoms with Gasteiger partial charge < -0.3 is 19.1 Å². The third-order valence-electron chi connectivity index (χ3n) is 6.26. The summed E-state index contributed by atoms with van der Waals surface area (Å²) in [6.45, 7) is 7.32. The van der Waals surface area contributed by atoms with Crippen molar-refractivity contribution in [1.82, 2.24) is 24.4 Å². The highest BCUT2D eigenvalue weighted by atomic mass is 79.9. The van der Waals surface area contributed by atoms with Gasteiger partial charge in [-0.3, -0.25) is 0 Å². The molecular formula is C22H23BrClFN6O. The van der Waals surface area contributed by atoms with Crippen LogP contribution in [0.2, 0.25) is 5.02 Å². The van der Waals surface area contributed by atoms with Crippen LogP contribution in [0.1, 0.15) is 24.4 Å². The smallest absolute Gasteiger partial charge is 0.319 e. The summed E-state index contributed by atoms with van der Waals surface area (Å²) < 4.78 is 23.4. The van der Waals surface area contributed by atoms with Crippen LogP contribution in [0, 0.1) is 5.82 Å². The number of imidazole rings is 1. The lowest BCUT2D eigenvalue weighted by atomic mass is 10.2. The average Bonchev–Trinajstić information content (AvgIpc) is 3.41. The summed E-state index contributed by atoms with van der Waals surface area (Å²) in [7, 11) is 2.08. The first-order chi connectivity index (χ1) is 15.5. The Morgan fingerprint density at radius 1 is 1.34 bits per heavy atom. The molecular weight excluding hydrogens is 499 g/mol. The van der Waals surface area contributed by atoms with E-state index in [-0.39, 0.29) is 21.0 Å². The van der Waals surface area contributed by atoms with Gasteiger partial charge in [0.05, 0.1) is 27.9 Å². The van der Waals surface area contributed by atoms with Gasteiger partial charge in [-0.2, -0.15) is 9.97 Å². The number of hydrogen-bond acceptors (Lipinski definition) is 6. The van der Waals surface area contributed by atoms with E-state index in [9.17, 15) is 0 Å². The van der Waals surface area contributed by atoms with E-state index in [0.29, 0.717) is 36.9 Å². The van der Waals surface area contributed by atoms with Crippen LogP contribution in [0.4, 0.5) is 10.2 Å². The first-order valence-corrected chi connectivity index (χ1v) is 11.7. The summed E-state index contributed by atoms with van der Waals surface area (Å²) in [6, 6.07) is 2.18. The number of rotatable bonds is 5. The fourth-order valence-corrected chi connectivity index (χ4v) is 4.95. The van der Waals surface area contributed by atoms with Crippen molar-refractivity contribution >= 4 is 50.3 Å². The van der Waals surface area contributed by atoms with Gasteiger partial charge in [-0.15, -0.1) is 0 Å². The van der Waals surface area contributed by atoms with Crippen molar-refractivity contribution in [3.63, 3.8) is 0 Å². The third-order valence-corrected chi connectivity index (χ3v) is 7.56. The van der Waals surface area contributed by atoms with E-state index < -0.39 is 5.82 Å². The summed E-state index contributed by atoms with van der Waals surface area (Å²) in [4.78, 5) is 17.9. The Morgan fingerprint density at radius 3 is 2.94 bits per heavy atom. The zero-order valence-corrected chi connectivity index (χ0v) is 20.0. The van der Waals surface area contributed by atoms with E-state index >= 15 is 4.39 Å². The van der Waals surface area contributed by atoms with Crippen LogP contribution < -0.4 is 9.64 Å². The van der Waals surface area contributed by atoms with Gasteiger partial charge in [-0.1, -0.05) is 18.2 Å². The van der Waals surface area contributed by atoms with Crippen molar-refractivity contribution in [2.45, 2.75) is 32.0 Å². The Bertz CT molecular complexity index is 1200. The Hall–Kier alpha value is -2.23. The first kappa shape index (κ1) is 21.6. The number of ether oxygens (including phenoxy) is 1. The minimum absolute atomic E-state index is 0.173. The maximum absolute atomic E-state index is 15.1. The van der Waals surface area contributed by atoms with Crippen molar-refractivity contribution in [3.8, 4) is 6.01 Å². The number of likely N-dealkylation sites (tertiary alicyclic amines) is 1. The average molecular weight is 522 g/mol. The topological polar surface area (TPSA) is 59.3 Å². The molecule has 1 aromatic carbocycles. The second-order valence-corrected chi connectivity index (χ2v) is 9.39. The van der Waals surface area contributed by atoms with Crippen molar-refractivity contribution < 1.29 is 9.13 Å². The highest BCUT2D eigenvalue weighted by molar-refractivity contribution is 9.10. The van der Waals surface area contributed by atoms with Crippen LogP contribution in [-0.2, 0) is 13.1 Å². The Balaban J connectivity index is 1.54. The van der Waals surface area contributed by atoms with Crippen LogP contribution in [0.25, 0.3) is 17.0 Å². The van der Waals surface area contributed by atoms with Crippen molar-refractivity contribution in [1.29, 1.82) is 0 Å². The number of hydrogen-bond donors (Lipinski definition) is 0. The number of fused-ring (bicyclic) bond motifs is 2. The number of anilines is 1. The summed E-state index contributed by atoms with van der Waals surface area (Å²) >= 11 is 9.52. The van der Waals surface area contributed by atoms with Gasteiger partial charge in [0.2, 0.25) is 0 Å². The highest BCUT2D eigenvalue weighted by Gasteiger charge is 2.26. The van der Waals surface area contributed by atoms with E-state index in [1.807, 2.05) is 6.20 Å². The molecule has 0 spiro atoms. The van der Waals surface area contributed by atoms with Crippen LogP contribution >= 0.6 is 27.5 Å². The molecule has 2 aromatic heterocycles. The maximum Gasteiger partial charge on any atom is 0.319 e.